The topological polar surface area (TPSA) is 128 Å². The SMILES string of the molecule is COC[C@H]1C(=O)N(Cc2ccc3c(N)ncnc3c2)CCN1C(=O)C=Cc1cc(N)cc(Cl)c1. The molecule has 0 bridgehead atoms. The molecule has 2 amide bonds. The summed E-state index contributed by atoms with van der Waals surface area (Å²) in [5.41, 5.74) is 14.5. The van der Waals surface area contributed by atoms with E-state index in [4.69, 9.17) is 27.8 Å². The first-order valence-corrected chi connectivity index (χ1v) is 11.0. The highest BCUT2D eigenvalue weighted by Crippen LogP contribution is 2.22. The molecule has 1 aliphatic rings. The van der Waals surface area contributed by atoms with Gasteiger partial charge in [-0.25, -0.2) is 9.97 Å². The van der Waals surface area contributed by atoms with Crippen molar-refractivity contribution >= 4 is 51.9 Å². The molecule has 176 valence electrons. The van der Waals surface area contributed by atoms with Crippen LogP contribution in [0.15, 0.2) is 48.8 Å². The number of aromatic nitrogens is 2. The van der Waals surface area contributed by atoms with E-state index >= 15 is 0 Å². The first-order valence-electron chi connectivity index (χ1n) is 10.7. The van der Waals surface area contributed by atoms with E-state index in [2.05, 4.69) is 9.97 Å². The molecule has 1 aromatic heterocycles. The Bertz CT molecular complexity index is 1240. The molecule has 3 aromatic rings. The second kappa shape index (κ2) is 10.1. The van der Waals surface area contributed by atoms with Gasteiger partial charge in [-0.15, -0.1) is 0 Å². The van der Waals surface area contributed by atoms with Crippen LogP contribution in [0.5, 0.6) is 0 Å². The zero-order chi connectivity index (χ0) is 24.2. The fourth-order valence-electron chi connectivity index (χ4n) is 4.02. The molecule has 1 aliphatic heterocycles. The summed E-state index contributed by atoms with van der Waals surface area (Å²) >= 11 is 6.03. The Balaban J connectivity index is 1.49. The van der Waals surface area contributed by atoms with Gasteiger partial charge in [-0.1, -0.05) is 17.7 Å². The smallest absolute Gasteiger partial charge is 0.248 e. The van der Waals surface area contributed by atoms with Crippen LogP contribution in [0.3, 0.4) is 0 Å². The molecule has 0 saturated carbocycles. The van der Waals surface area contributed by atoms with Crippen LogP contribution in [-0.4, -0.2) is 64.4 Å². The highest BCUT2D eigenvalue weighted by Gasteiger charge is 2.36. The van der Waals surface area contributed by atoms with Crippen LogP contribution in [0.4, 0.5) is 11.5 Å². The van der Waals surface area contributed by atoms with Gasteiger partial charge in [-0.2, -0.15) is 0 Å². The molecule has 1 saturated heterocycles. The van der Waals surface area contributed by atoms with Gasteiger partial charge in [0, 0.05) is 48.9 Å². The lowest BCUT2D eigenvalue weighted by Crippen LogP contribution is -2.59. The molecule has 0 unspecified atom stereocenters. The number of amides is 2. The quantitative estimate of drug-likeness (QED) is 0.409. The summed E-state index contributed by atoms with van der Waals surface area (Å²) < 4.78 is 5.27. The fourth-order valence-corrected chi connectivity index (χ4v) is 4.27. The lowest BCUT2D eigenvalue weighted by molar-refractivity contribution is -0.152. The number of piperazine rings is 1. The maximum atomic E-state index is 13.3. The van der Waals surface area contributed by atoms with Crippen molar-refractivity contribution in [2.45, 2.75) is 12.6 Å². The summed E-state index contributed by atoms with van der Waals surface area (Å²) in [6, 6.07) is 9.97. The minimum Gasteiger partial charge on any atom is -0.399 e. The monoisotopic (exact) mass is 480 g/mol. The van der Waals surface area contributed by atoms with Crippen molar-refractivity contribution in [3.05, 3.63) is 65.0 Å². The predicted octanol–water partition coefficient (Wildman–Crippen LogP) is 2.35. The van der Waals surface area contributed by atoms with E-state index in [1.807, 2.05) is 18.2 Å². The third-order valence-electron chi connectivity index (χ3n) is 5.66. The number of benzene rings is 2. The van der Waals surface area contributed by atoms with Crippen molar-refractivity contribution in [1.82, 2.24) is 19.8 Å². The number of nitrogen functional groups attached to an aromatic ring is 2. The van der Waals surface area contributed by atoms with E-state index in [0.717, 1.165) is 10.9 Å². The van der Waals surface area contributed by atoms with Gasteiger partial charge >= 0.3 is 0 Å². The van der Waals surface area contributed by atoms with Crippen molar-refractivity contribution < 1.29 is 14.3 Å². The number of hydrogen-bond donors (Lipinski definition) is 2. The van der Waals surface area contributed by atoms with Crippen LogP contribution in [0.2, 0.25) is 5.02 Å². The molecule has 4 rings (SSSR count). The normalized spacial score (nSPS) is 16.5. The molecule has 0 radical (unpaired) electrons. The van der Waals surface area contributed by atoms with Gasteiger partial charge in [0.15, 0.2) is 0 Å². The molecule has 1 atom stereocenters. The maximum Gasteiger partial charge on any atom is 0.248 e. The predicted molar refractivity (Wildman–Crippen MR) is 132 cm³/mol. The Morgan fingerprint density at radius 2 is 2.03 bits per heavy atom. The summed E-state index contributed by atoms with van der Waals surface area (Å²) in [7, 11) is 1.51. The number of carbonyl (C=O) groups is 2. The molecule has 34 heavy (non-hydrogen) atoms. The maximum absolute atomic E-state index is 13.3. The third-order valence-corrected chi connectivity index (χ3v) is 5.88. The molecule has 10 heteroatoms. The van der Waals surface area contributed by atoms with Crippen molar-refractivity contribution in [1.29, 1.82) is 0 Å². The van der Waals surface area contributed by atoms with Gasteiger partial charge in [0.05, 0.1) is 12.1 Å². The number of anilines is 2. The van der Waals surface area contributed by atoms with Gasteiger partial charge in [0.1, 0.15) is 18.2 Å². The molecule has 1 fully saturated rings. The molecular formula is C24H25ClN6O3. The second-order valence-electron chi connectivity index (χ2n) is 8.02. The summed E-state index contributed by atoms with van der Waals surface area (Å²) in [4.78, 5) is 37.7. The zero-order valence-corrected chi connectivity index (χ0v) is 19.4. The van der Waals surface area contributed by atoms with E-state index in [0.29, 0.717) is 47.2 Å². The Labute approximate surface area is 202 Å². The minimum atomic E-state index is -0.723. The number of rotatable bonds is 6. The number of fused-ring (bicyclic) bond motifs is 1. The lowest BCUT2D eigenvalue weighted by atomic mass is 10.1. The van der Waals surface area contributed by atoms with Gasteiger partial charge in [-0.3, -0.25) is 9.59 Å². The van der Waals surface area contributed by atoms with Crippen LogP contribution in [-0.2, 0) is 20.9 Å². The number of carbonyl (C=O) groups excluding carboxylic acids is 2. The number of ether oxygens (including phenoxy) is 1. The zero-order valence-electron chi connectivity index (χ0n) is 18.6. The second-order valence-corrected chi connectivity index (χ2v) is 8.46. The molecule has 2 aromatic carbocycles. The van der Waals surface area contributed by atoms with Crippen molar-refractivity contribution in [3.8, 4) is 0 Å². The Hall–Kier alpha value is -3.69. The molecule has 9 nitrogen and oxygen atoms in total. The van der Waals surface area contributed by atoms with E-state index in [-0.39, 0.29) is 18.4 Å². The highest BCUT2D eigenvalue weighted by molar-refractivity contribution is 6.31. The van der Waals surface area contributed by atoms with E-state index in [1.165, 1.54) is 24.4 Å². The van der Waals surface area contributed by atoms with Crippen molar-refractivity contribution in [2.24, 2.45) is 0 Å². The summed E-state index contributed by atoms with van der Waals surface area (Å²) in [5.74, 6) is -0.0518. The first-order chi connectivity index (χ1) is 16.4. The average Bonchev–Trinajstić information content (AvgIpc) is 2.80. The highest BCUT2D eigenvalue weighted by atomic mass is 35.5. The van der Waals surface area contributed by atoms with Crippen LogP contribution in [0.25, 0.3) is 17.0 Å². The first kappa shape index (κ1) is 23.5. The van der Waals surface area contributed by atoms with Gasteiger partial charge in [-0.05, 0) is 47.5 Å². The Morgan fingerprint density at radius 3 is 2.79 bits per heavy atom. The third kappa shape index (κ3) is 5.11. The average molecular weight is 481 g/mol. The standard InChI is InChI=1S/C24H25ClN6O3/c1-34-13-21-24(33)30(12-16-2-4-19-20(10-16)28-14-29-23(19)27)6-7-31(21)22(32)5-3-15-8-17(25)11-18(26)9-15/h2-5,8-11,14,21H,6-7,12-13,26H2,1H3,(H2,27,28,29)/t21-/m0/s1. The lowest BCUT2D eigenvalue weighted by Gasteiger charge is -2.40. The van der Waals surface area contributed by atoms with Crippen LogP contribution >= 0.6 is 11.6 Å². The van der Waals surface area contributed by atoms with Crippen LogP contribution in [0, 0.1) is 0 Å². The van der Waals surface area contributed by atoms with E-state index in [9.17, 15) is 9.59 Å². The van der Waals surface area contributed by atoms with Crippen LogP contribution < -0.4 is 11.5 Å². The summed E-state index contributed by atoms with van der Waals surface area (Å²) in [5, 5.41) is 1.24. The van der Waals surface area contributed by atoms with Crippen molar-refractivity contribution in [2.75, 3.05) is 38.3 Å². The number of nitrogens with zero attached hydrogens (tertiary/aromatic N) is 4. The molecule has 2 heterocycles. The van der Waals surface area contributed by atoms with Gasteiger partial charge < -0.3 is 26.0 Å². The van der Waals surface area contributed by atoms with E-state index < -0.39 is 6.04 Å². The van der Waals surface area contributed by atoms with Gasteiger partial charge in [0.2, 0.25) is 11.8 Å². The largest absolute Gasteiger partial charge is 0.399 e. The van der Waals surface area contributed by atoms with E-state index in [1.54, 1.807) is 29.2 Å². The molecule has 4 N–H and O–H groups in total. The Kier molecular flexibility index (Phi) is 6.95. The van der Waals surface area contributed by atoms with Gasteiger partial charge in [0.25, 0.3) is 0 Å². The minimum absolute atomic E-state index is 0.0977. The number of halogens is 1. The molecule has 0 aliphatic carbocycles. The number of hydrogen-bond acceptors (Lipinski definition) is 7. The van der Waals surface area contributed by atoms with Crippen molar-refractivity contribution in [3.63, 3.8) is 0 Å². The summed E-state index contributed by atoms with van der Waals surface area (Å²) in [6.45, 7) is 1.26. The fraction of sp³-hybridized carbons (Fsp3) is 0.250. The number of methoxy groups -OCH3 is 1. The van der Waals surface area contributed by atoms with Crippen LogP contribution in [0.1, 0.15) is 11.1 Å². The Morgan fingerprint density at radius 1 is 1.21 bits per heavy atom. The molecule has 0 spiro atoms. The number of nitrogens with two attached hydrogens (primary N) is 2. The molecular weight excluding hydrogens is 456 g/mol. The summed E-state index contributed by atoms with van der Waals surface area (Å²) in [6.07, 6.45) is 4.47.